The molecule has 15 heavy (non-hydrogen) atoms. The Labute approximate surface area is 89.4 Å². The van der Waals surface area contributed by atoms with Crippen molar-refractivity contribution in [3.63, 3.8) is 0 Å². The first-order chi connectivity index (χ1) is 7.29. The van der Waals surface area contributed by atoms with Crippen LogP contribution in [-0.4, -0.2) is 18.6 Å². The number of carbonyl (C=O) groups is 1. The van der Waals surface area contributed by atoms with Crippen molar-refractivity contribution in [2.75, 3.05) is 6.61 Å². The van der Waals surface area contributed by atoms with Crippen LogP contribution in [0.2, 0.25) is 0 Å². The summed E-state index contributed by atoms with van der Waals surface area (Å²) in [5.74, 6) is 1.03. The fourth-order valence-electron chi connectivity index (χ4n) is 1.75. The Morgan fingerprint density at radius 3 is 3.13 bits per heavy atom. The summed E-state index contributed by atoms with van der Waals surface area (Å²) < 4.78 is 5.57. The maximum atomic E-state index is 11.2. The van der Waals surface area contributed by atoms with Crippen LogP contribution in [0.5, 0.6) is 5.75 Å². The van der Waals surface area contributed by atoms with Crippen LogP contribution in [0.1, 0.15) is 18.9 Å². The largest absolute Gasteiger partial charge is 0.491 e. The monoisotopic (exact) mass is 205 g/mol. The molecule has 80 valence electrons. The molecule has 3 heteroatoms. The molecular formula is C12H15NO2. The molecule has 0 spiro atoms. The van der Waals surface area contributed by atoms with E-state index in [4.69, 9.17) is 4.74 Å². The second kappa shape index (κ2) is 4.34. The summed E-state index contributed by atoms with van der Waals surface area (Å²) in [5.41, 5.74) is 1.17. The Kier molecular flexibility index (Phi) is 2.90. The molecule has 0 saturated carbocycles. The lowest BCUT2D eigenvalue weighted by atomic mass is 10.0. The zero-order valence-electron chi connectivity index (χ0n) is 8.82. The van der Waals surface area contributed by atoms with Gasteiger partial charge in [0.15, 0.2) is 0 Å². The van der Waals surface area contributed by atoms with E-state index in [-0.39, 0.29) is 11.9 Å². The quantitative estimate of drug-likeness (QED) is 0.795. The van der Waals surface area contributed by atoms with Gasteiger partial charge in [0, 0.05) is 6.42 Å². The van der Waals surface area contributed by atoms with E-state index in [1.54, 1.807) is 0 Å². The number of benzene rings is 1. The molecule has 0 bridgehead atoms. The predicted molar refractivity (Wildman–Crippen MR) is 57.9 cm³/mol. The first-order valence-corrected chi connectivity index (χ1v) is 5.29. The third-order valence-corrected chi connectivity index (χ3v) is 2.57. The van der Waals surface area contributed by atoms with Gasteiger partial charge in [0.1, 0.15) is 12.4 Å². The summed E-state index contributed by atoms with van der Waals surface area (Å²) in [6.45, 7) is 2.43. The van der Waals surface area contributed by atoms with Gasteiger partial charge in [-0.15, -0.1) is 0 Å². The van der Waals surface area contributed by atoms with Crippen molar-refractivity contribution < 1.29 is 9.53 Å². The Bertz CT molecular complexity index is 362. The van der Waals surface area contributed by atoms with Gasteiger partial charge in [-0.1, -0.05) is 25.1 Å². The molecule has 0 aliphatic carbocycles. The highest BCUT2D eigenvalue weighted by Crippen LogP contribution is 2.23. The van der Waals surface area contributed by atoms with E-state index < -0.39 is 0 Å². The molecule has 0 radical (unpaired) electrons. The number of nitrogens with one attached hydrogen (secondary N) is 1. The van der Waals surface area contributed by atoms with Crippen LogP contribution in [0.15, 0.2) is 24.3 Å². The van der Waals surface area contributed by atoms with Crippen LogP contribution >= 0.6 is 0 Å². The van der Waals surface area contributed by atoms with Crippen LogP contribution in [-0.2, 0) is 11.2 Å². The average molecular weight is 205 g/mol. The molecule has 1 amide bonds. The molecule has 1 heterocycles. The van der Waals surface area contributed by atoms with Gasteiger partial charge in [-0.2, -0.15) is 0 Å². The van der Waals surface area contributed by atoms with Crippen LogP contribution < -0.4 is 10.1 Å². The second-order valence-corrected chi connectivity index (χ2v) is 3.74. The van der Waals surface area contributed by atoms with Gasteiger partial charge in [0.25, 0.3) is 0 Å². The summed E-state index contributed by atoms with van der Waals surface area (Å²) in [7, 11) is 0. The number of rotatable bonds is 2. The van der Waals surface area contributed by atoms with E-state index in [1.165, 1.54) is 5.56 Å². The molecule has 3 nitrogen and oxygen atoms in total. The van der Waals surface area contributed by atoms with Crippen molar-refractivity contribution in [2.24, 2.45) is 0 Å². The summed E-state index contributed by atoms with van der Waals surface area (Å²) in [6, 6.07) is 8.08. The number of carbonyl (C=O) groups excluding carboxylic acids is 1. The molecule has 1 aromatic rings. The zero-order chi connectivity index (χ0) is 10.7. The number of fused-ring (bicyclic) bond motifs is 1. The molecule has 1 aliphatic heterocycles. The molecular weight excluding hydrogens is 190 g/mol. The first kappa shape index (κ1) is 10.0. The van der Waals surface area contributed by atoms with Crippen LogP contribution in [0.4, 0.5) is 0 Å². The minimum atomic E-state index is 0.0861. The minimum absolute atomic E-state index is 0.0861. The molecule has 0 saturated heterocycles. The Hall–Kier alpha value is -1.51. The van der Waals surface area contributed by atoms with Crippen molar-refractivity contribution >= 4 is 5.91 Å². The van der Waals surface area contributed by atoms with Crippen molar-refractivity contribution in [1.82, 2.24) is 5.32 Å². The third-order valence-electron chi connectivity index (χ3n) is 2.57. The summed E-state index contributed by atoms with van der Waals surface area (Å²) in [4.78, 5) is 11.2. The normalized spacial score (nSPS) is 18.9. The highest BCUT2D eigenvalue weighted by Gasteiger charge is 2.20. The van der Waals surface area contributed by atoms with Gasteiger partial charge in [-0.25, -0.2) is 0 Å². The molecule has 0 fully saturated rings. The van der Waals surface area contributed by atoms with E-state index >= 15 is 0 Å². The van der Waals surface area contributed by atoms with E-state index in [1.807, 2.05) is 31.2 Å². The molecule has 1 atom stereocenters. The predicted octanol–water partition coefficient (Wildman–Crippen LogP) is 1.52. The van der Waals surface area contributed by atoms with E-state index in [0.29, 0.717) is 13.0 Å². The summed E-state index contributed by atoms with van der Waals surface area (Å²) in [6.07, 6.45) is 1.39. The van der Waals surface area contributed by atoms with E-state index in [2.05, 4.69) is 5.32 Å². The topological polar surface area (TPSA) is 38.3 Å². The first-order valence-electron chi connectivity index (χ1n) is 5.29. The Morgan fingerprint density at radius 1 is 1.53 bits per heavy atom. The lowest BCUT2D eigenvalue weighted by Gasteiger charge is -2.25. The lowest BCUT2D eigenvalue weighted by molar-refractivity contribution is -0.121. The Balaban J connectivity index is 2.02. The highest BCUT2D eigenvalue weighted by atomic mass is 16.5. The van der Waals surface area contributed by atoms with Gasteiger partial charge in [-0.3, -0.25) is 4.79 Å². The van der Waals surface area contributed by atoms with Gasteiger partial charge < -0.3 is 10.1 Å². The zero-order valence-corrected chi connectivity index (χ0v) is 8.82. The number of amides is 1. The molecule has 1 aromatic carbocycles. The van der Waals surface area contributed by atoms with Gasteiger partial charge in [0.05, 0.1) is 6.04 Å². The third kappa shape index (κ3) is 2.29. The number of ether oxygens (including phenoxy) is 1. The maximum absolute atomic E-state index is 11.2. The van der Waals surface area contributed by atoms with Gasteiger partial charge >= 0.3 is 0 Å². The summed E-state index contributed by atoms with van der Waals surface area (Å²) >= 11 is 0. The standard InChI is InChI=1S/C12H15NO2/c1-2-12(14)13-10-7-9-5-3-4-6-11(9)15-8-10/h3-6,10H,2,7-8H2,1H3,(H,13,14). The smallest absolute Gasteiger partial charge is 0.220 e. The van der Waals surface area contributed by atoms with Gasteiger partial charge in [0.2, 0.25) is 5.91 Å². The SMILES string of the molecule is CCC(=O)NC1COc2ccccc2C1. The molecule has 2 rings (SSSR count). The highest BCUT2D eigenvalue weighted by molar-refractivity contribution is 5.75. The van der Waals surface area contributed by atoms with Crippen molar-refractivity contribution in [3.05, 3.63) is 29.8 Å². The molecule has 1 N–H and O–H groups in total. The van der Waals surface area contributed by atoms with Crippen LogP contribution in [0.25, 0.3) is 0 Å². The van der Waals surface area contributed by atoms with E-state index in [0.717, 1.165) is 12.2 Å². The molecule has 0 aromatic heterocycles. The number of hydrogen-bond acceptors (Lipinski definition) is 2. The van der Waals surface area contributed by atoms with Crippen molar-refractivity contribution in [2.45, 2.75) is 25.8 Å². The fraction of sp³-hybridized carbons (Fsp3) is 0.417. The maximum Gasteiger partial charge on any atom is 0.220 e. The Morgan fingerprint density at radius 2 is 2.33 bits per heavy atom. The number of para-hydroxylation sites is 1. The summed E-state index contributed by atoms with van der Waals surface area (Å²) in [5, 5.41) is 2.95. The van der Waals surface area contributed by atoms with Crippen molar-refractivity contribution in [3.8, 4) is 5.75 Å². The molecule has 1 unspecified atom stereocenters. The average Bonchev–Trinajstić information content (AvgIpc) is 2.29. The fourth-order valence-corrected chi connectivity index (χ4v) is 1.75. The minimum Gasteiger partial charge on any atom is -0.491 e. The lowest BCUT2D eigenvalue weighted by Crippen LogP contribution is -2.42. The molecule has 1 aliphatic rings. The van der Waals surface area contributed by atoms with Gasteiger partial charge in [-0.05, 0) is 18.1 Å². The second-order valence-electron chi connectivity index (χ2n) is 3.74. The van der Waals surface area contributed by atoms with Crippen LogP contribution in [0.3, 0.4) is 0 Å². The van der Waals surface area contributed by atoms with Crippen LogP contribution in [0, 0.1) is 0 Å². The van der Waals surface area contributed by atoms with E-state index in [9.17, 15) is 4.79 Å². The number of hydrogen-bond donors (Lipinski definition) is 1. The van der Waals surface area contributed by atoms with Crippen molar-refractivity contribution in [1.29, 1.82) is 0 Å².